The normalized spacial score (nSPS) is 14.4. The van der Waals surface area contributed by atoms with Gasteiger partial charge in [-0.1, -0.05) is 36.4 Å². The molecule has 0 aromatic heterocycles. The van der Waals surface area contributed by atoms with Gasteiger partial charge in [0.2, 0.25) is 5.91 Å². The van der Waals surface area contributed by atoms with Crippen molar-refractivity contribution in [1.82, 2.24) is 4.90 Å². The first-order chi connectivity index (χ1) is 12.1. The third-order valence-corrected chi connectivity index (χ3v) is 4.17. The summed E-state index contributed by atoms with van der Waals surface area (Å²) in [6.45, 7) is 0.368. The minimum atomic E-state index is -0.163. The maximum absolute atomic E-state index is 12.7. The van der Waals surface area contributed by atoms with Gasteiger partial charge in [0.15, 0.2) is 0 Å². The molecule has 5 nitrogen and oxygen atoms in total. The van der Waals surface area contributed by atoms with Gasteiger partial charge in [-0.05, 0) is 29.3 Å². The molecular weight excluding hydrogens is 314 g/mol. The Morgan fingerprint density at radius 1 is 1.12 bits per heavy atom. The van der Waals surface area contributed by atoms with E-state index < -0.39 is 0 Å². The number of amides is 2. The molecule has 0 atom stereocenters. The molecule has 0 saturated heterocycles. The smallest absolute Gasteiger partial charge is 0.256 e. The van der Waals surface area contributed by atoms with Crippen molar-refractivity contribution in [1.29, 1.82) is 5.26 Å². The number of rotatable bonds is 3. The average Bonchev–Trinajstić information content (AvgIpc) is 2.72. The van der Waals surface area contributed by atoms with Crippen LogP contribution in [-0.4, -0.2) is 30.3 Å². The first-order valence-electron chi connectivity index (χ1n) is 7.90. The molecule has 2 amide bonds. The Kier molecular flexibility index (Phi) is 4.62. The number of fused-ring (bicyclic) bond motifs is 1. The summed E-state index contributed by atoms with van der Waals surface area (Å²) >= 11 is 0. The van der Waals surface area contributed by atoms with E-state index in [0.717, 1.165) is 11.1 Å². The molecule has 0 bridgehead atoms. The fraction of sp³-hybridized carbons (Fsp3) is 0.150. The Morgan fingerprint density at radius 3 is 2.64 bits per heavy atom. The zero-order valence-electron chi connectivity index (χ0n) is 13.8. The van der Waals surface area contributed by atoms with Crippen LogP contribution < -0.4 is 4.90 Å². The number of hydrogen-bond acceptors (Lipinski definition) is 3. The molecule has 1 heterocycles. The zero-order chi connectivity index (χ0) is 17.8. The molecule has 25 heavy (non-hydrogen) atoms. The van der Waals surface area contributed by atoms with Crippen molar-refractivity contribution in [2.75, 3.05) is 18.5 Å². The van der Waals surface area contributed by atoms with Gasteiger partial charge in [0, 0.05) is 13.1 Å². The Bertz CT molecular complexity index is 896. The van der Waals surface area contributed by atoms with E-state index in [2.05, 4.69) is 0 Å². The quantitative estimate of drug-likeness (QED) is 0.812. The summed E-state index contributed by atoms with van der Waals surface area (Å²) < 4.78 is 0. The third kappa shape index (κ3) is 3.29. The SMILES string of the molecule is CN1CC(=O)N(Cc2ccccc2/C=C/C#N)c2ccccc2C1=O. The van der Waals surface area contributed by atoms with Crippen molar-refractivity contribution in [3.8, 4) is 6.07 Å². The van der Waals surface area contributed by atoms with Crippen molar-refractivity contribution in [3.05, 3.63) is 71.3 Å². The summed E-state index contributed by atoms with van der Waals surface area (Å²) in [6.07, 6.45) is 3.13. The second-order valence-electron chi connectivity index (χ2n) is 5.82. The maximum atomic E-state index is 12.7. The lowest BCUT2D eigenvalue weighted by atomic mass is 10.1. The van der Waals surface area contributed by atoms with Gasteiger partial charge in [0.25, 0.3) is 5.91 Å². The first kappa shape index (κ1) is 16.5. The zero-order valence-corrected chi connectivity index (χ0v) is 13.8. The molecule has 0 fully saturated rings. The predicted molar refractivity (Wildman–Crippen MR) is 95.7 cm³/mol. The van der Waals surface area contributed by atoms with Crippen LogP contribution in [0.15, 0.2) is 54.6 Å². The number of allylic oxidation sites excluding steroid dienone is 1. The van der Waals surface area contributed by atoms with Crippen LogP contribution >= 0.6 is 0 Å². The number of carbonyl (C=O) groups is 2. The highest BCUT2D eigenvalue weighted by atomic mass is 16.2. The van der Waals surface area contributed by atoms with Crippen molar-refractivity contribution < 1.29 is 9.59 Å². The van der Waals surface area contributed by atoms with E-state index in [4.69, 9.17) is 5.26 Å². The molecular formula is C20H17N3O2. The molecule has 0 radical (unpaired) electrons. The summed E-state index contributed by atoms with van der Waals surface area (Å²) in [5.41, 5.74) is 2.91. The fourth-order valence-electron chi connectivity index (χ4n) is 2.90. The number of benzene rings is 2. The van der Waals surface area contributed by atoms with Gasteiger partial charge in [-0.3, -0.25) is 9.59 Å². The number of carbonyl (C=O) groups excluding carboxylic acids is 2. The van der Waals surface area contributed by atoms with Crippen molar-refractivity contribution in [2.24, 2.45) is 0 Å². The second kappa shape index (κ2) is 7.02. The van der Waals surface area contributed by atoms with Gasteiger partial charge in [-0.2, -0.15) is 5.26 Å². The molecule has 0 unspecified atom stereocenters. The maximum Gasteiger partial charge on any atom is 0.256 e. The molecule has 1 aliphatic heterocycles. The summed E-state index contributed by atoms with van der Waals surface area (Å²) in [4.78, 5) is 28.3. The number of nitrogens with zero attached hydrogens (tertiary/aromatic N) is 3. The van der Waals surface area contributed by atoms with Crippen LogP contribution in [0, 0.1) is 11.3 Å². The minimum absolute atomic E-state index is 0.0315. The van der Waals surface area contributed by atoms with Crippen molar-refractivity contribution in [2.45, 2.75) is 6.54 Å². The first-order valence-corrected chi connectivity index (χ1v) is 7.90. The van der Waals surface area contributed by atoms with E-state index in [1.54, 1.807) is 36.2 Å². The standard InChI is InChI=1S/C20H17N3O2/c1-22-14-19(24)23(18-11-5-4-10-17(18)20(22)25)13-16-8-3-2-7-15(16)9-6-12-21/h2-11H,13-14H2,1H3/b9-6+. The Morgan fingerprint density at radius 2 is 1.84 bits per heavy atom. The van der Waals surface area contributed by atoms with Crippen LogP contribution in [-0.2, 0) is 11.3 Å². The van der Waals surface area contributed by atoms with Crippen LogP contribution in [0.2, 0.25) is 0 Å². The molecule has 2 aromatic carbocycles. The molecule has 0 N–H and O–H groups in total. The van der Waals surface area contributed by atoms with E-state index in [9.17, 15) is 9.59 Å². The largest absolute Gasteiger partial charge is 0.332 e. The van der Waals surface area contributed by atoms with Gasteiger partial charge in [-0.25, -0.2) is 0 Å². The van der Waals surface area contributed by atoms with Crippen molar-refractivity contribution in [3.63, 3.8) is 0 Å². The molecule has 1 aliphatic rings. The molecule has 0 saturated carbocycles. The Balaban J connectivity index is 2.04. The molecule has 3 rings (SSSR count). The van der Waals surface area contributed by atoms with E-state index >= 15 is 0 Å². The van der Waals surface area contributed by atoms with E-state index in [-0.39, 0.29) is 18.4 Å². The van der Waals surface area contributed by atoms with Crippen LogP contribution in [0.5, 0.6) is 0 Å². The summed E-state index contributed by atoms with van der Waals surface area (Å²) in [5, 5.41) is 8.76. The highest BCUT2D eigenvalue weighted by Crippen LogP contribution is 2.27. The summed E-state index contributed by atoms with van der Waals surface area (Å²) in [5.74, 6) is -0.302. The second-order valence-corrected chi connectivity index (χ2v) is 5.82. The van der Waals surface area contributed by atoms with Gasteiger partial charge < -0.3 is 9.80 Å². The minimum Gasteiger partial charge on any atom is -0.332 e. The number of para-hydroxylation sites is 1. The lowest BCUT2D eigenvalue weighted by Crippen LogP contribution is -2.37. The molecule has 2 aromatic rings. The van der Waals surface area contributed by atoms with E-state index in [0.29, 0.717) is 17.8 Å². The van der Waals surface area contributed by atoms with Gasteiger partial charge >= 0.3 is 0 Å². The number of nitriles is 1. The summed E-state index contributed by atoms with van der Waals surface area (Å²) in [6, 6.07) is 16.7. The van der Waals surface area contributed by atoms with Crippen LogP contribution in [0.25, 0.3) is 6.08 Å². The lowest BCUT2D eigenvalue weighted by molar-refractivity contribution is -0.119. The van der Waals surface area contributed by atoms with Crippen LogP contribution in [0.4, 0.5) is 5.69 Å². The van der Waals surface area contributed by atoms with E-state index in [1.807, 2.05) is 36.4 Å². The Labute approximate surface area is 146 Å². The predicted octanol–water partition coefficient (Wildman–Crippen LogP) is 2.84. The highest BCUT2D eigenvalue weighted by Gasteiger charge is 2.29. The topological polar surface area (TPSA) is 64.4 Å². The lowest BCUT2D eigenvalue weighted by Gasteiger charge is -2.23. The molecule has 0 aliphatic carbocycles. The average molecular weight is 331 g/mol. The van der Waals surface area contributed by atoms with E-state index in [1.165, 1.54) is 11.0 Å². The third-order valence-electron chi connectivity index (χ3n) is 4.17. The van der Waals surface area contributed by atoms with Gasteiger partial charge in [0.05, 0.1) is 23.9 Å². The van der Waals surface area contributed by atoms with Gasteiger partial charge in [-0.15, -0.1) is 0 Å². The highest BCUT2D eigenvalue weighted by molar-refractivity contribution is 6.09. The fourth-order valence-corrected chi connectivity index (χ4v) is 2.90. The molecule has 124 valence electrons. The van der Waals surface area contributed by atoms with Crippen LogP contribution in [0.1, 0.15) is 21.5 Å². The number of anilines is 1. The van der Waals surface area contributed by atoms with Crippen molar-refractivity contribution >= 4 is 23.6 Å². The Hall–Kier alpha value is -3.39. The monoisotopic (exact) mass is 331 g/mol. The number of hydrogen-bond donors (Lipinski definition) is 0. The summed E-state index contributed by atoms with van der Waals surface area (Å²) in [7, 11) is 1.63. The van der Waals surface area contributed by atoms with Gasteiger partial charge in [0.1, 0.15) is 6.54 Å². The number of likely N-dealkylation sites (N-methyl/N-ethyl adjacent to an activating group) is 1. The molecule has 0 spiro atoms. The van der Waals surface area contributed by atoms with Crippen LogP contribution in [0.3, 0.4) is 0 Å². The molecule has 5 heteroatoms.